The van der Waals surface area contributed by atoms with Gasteiger partial charge in [0.25, 0.3) is 0 Å². The summed E-state index contributed by atoms with van der Waals surface area (Å²) in [6, 6.07) is 11.4. The molecule has 2 fully saturated rings. The molecule has 0 bridgehead atoms. The number of rotatable bonds is 9. The van der Waals surface area contributed by atoms with E-state index in [2.05, 4.69) is 37.7 Å². The number of aromatic hydroxyl groups is 1. The van der Waals surface area contributed by atoms with Crippen molar-refractivity contribution < 1.29 is 19.1 Å². The number of phenols is 1. The minimum absolute atomic E-state index is 0.0302. The number of hydrogen-bond donors (Lipinski definition) is 1. The molecule has 4 rings (SSSR count). The first-order valence-electron chi connectivity index (χ1n) is 14.2. The smallest absolute Gasteiger partial charge is 0.227 e. The Morgan fingerprint density at radius 3 is 2.46 bits per heavy atom. The summed E-state index contributed by atoms with van der Waals surface area (Å²) in [4.78, 5) is 34.7. The van der Waals surface area contributed by atoms with Crippen LogP contribution in [-0.4, -0.2) is 84.9 Å². The van der Waals surface area contributed by atoms with E-state index in [1.54, 1.807) is 31.2 Å². The number of phenolic OH excluding ortho intramolecular Hbond substituents is 1. The van der Waals surface area contributed by atoms with Crippen LogP contribution in [0.3, 0.4) is 0 Å². The molecule has 7 heteroatoms. The minimum atomic E-state index is -0.542. The number of unbranched alkanes of at least 4 members (excludes halogenated alkanes) is 1. The summed E-state index contributed by atoms with van der Waals surface area (Å²) in [5, 5.41) is 10.1. The van der Waals surface area contributed by atoms with Gasteiger partial charge in [-0.1, -0.05) is 38.1 Å². The Labute approximate surface area is 232 Å². The second kappa shape index (κ2) is 12.2. The van der Waals surface area contributed by atoms with Gasteiger partial charge in [0.2, 0.25) is 5.91 Å². The van der Waals surface area contributed by atoms with Gasteiger partial charge in [-0.3, -0.25) is 9.59 Å². The molecular formula is C32H44FN3O3. The summed E-state index contributed by atoms with van der Waals surface area (Å²) in [5.41, 5.74) is 1.70. The van der Waals surface area contributed by atoms with Crippen molar-refractivity contribution >= 4 is 11.7 Å². The Hall–Kier alpha value is -2.77. The molecule has 3 atom stereocenters. The third-order valence-corrected chi connectivity index (χ3v) is 8.55. The molecule has 2 aliphatic rings. The summed E-state index contributed by atoms with van der Waals surface area (Å²) in [6.07, 6.45) is 2.93. The SMILES string of the molecule is Cc1c(F)cccc1[C@@H]1[C@@H](C(=O)c2cccc(O)c2)CN(CCCCN(C)C)C[C@H]1C(=O)N1CCC(C)(C)C1. The average molecular weight is 538 g/mol. The number of likely N-dealkylation sites (tertiary alicyclic amines) is 2. The van der Waals surface area contributed by atoms with E-state index in [-0.39, 0.29) is 28.7 Å². The molecular weight excluding hydrogens is 493 g/mol. The quantitative estimate of drug-likeness (QED) is 0.362. The molecule has 0 aliphatic carbocycles. The Morgan fingerprint density at radius 1 is 1.08 bits per heavy atom. The highest BCUT2D eigenvalue weighted by Crippen LogP contribution is 2.43. The summed E-state index contributed by atoms with van der Waals surface area (Å²) < 4.78 is 14.9. The topological polar surface area (TPSA) is 64.1 Å². The van der Waals surface area contributed by atoms with E-state index in [0.717, 1.165) is 37.9 Å². The molecule has 0 spiro atoms. The van der Waals surface area contributed by atoms with E-state index in [9.17, 15) is 19.1 Å². The van der Waals surface area contributed by atoms with Gasteiger partial charge in [-0.25, -0.2) is 4.39 Å². The molecule has 1 N–H and O–H groups in total. The molecule has 2 aromatic rings. The maximum absolute atomic E-state index is 14.9. The van der Waals surface area contributed by atoms with Crippen LogP contribution in [0.15, 0.2) is 42.5 Å². The van der Waals surface area contributed by atoms with Crippen molar-refractivity contribution in [3.63, 3.8) is 0 Å². The van der Waals surface area contributed by atoms with Gasteiger partial charge in [-0.2, -0.15) is 0 Å². The van der Waals surface area contributed by atoms with Crippen molar-refractivity contribution in [3.8, 4) is 5.75 Å². The van der Waals surface area contributed by atoms with Crippen LogP contribution in [0.25, 0.3) is 0 Å². The molecule has 2 aromatic carbocycles. The molecule has 0 saturated carbocycles. The number of benzene rings is 2. The Balaban J connectivity index is 1.74. The molecule has 39 heavy (non-hydrogen) atoms. The Kier molecular flexibility index (Phi) is 9.12. The predicted octanol–water partition coefficient (Wildman–Crippen LogP) is 4.95. The average Bonchev–Trinajstić information content (AvgIpc) is 3.26. The van der Waals surface area contributed by atoms with E-state index < -0.39 is 17.8 Å². The van der Waals surface area contributed by atoms with Crippen LogP contribution in [0.4, 0.5) is 4.39 Å². The number of amides is 1. The number of carbonyl (C=O) groups excluding carboxylic acids is 2. The molecule has 0 aromatic heterocycles. The second-order valence-corrected chi connectivity index (χ2v) is 12.6. The summed E-state index contributed by atoms with van der Waals surface area (Å²) in [5.74, 6) is -1.81. The highest BCUT2D eigenvalue weighted by Gasteiger charge is 2.47. The van der Waals surface area contributed by atoms with E-state index in [1.807, 2.05) is 11.0 Å². The monoisotopic (exact) mass is 537 g/mol. The van der Waals surface area contributed by atoms with E-state index in [4.69, 9.17) is 0 Å². The predicted molar refractivity (Wildman–Crippen MR) is 153 cm³/mol. The fourth-order valence-electron chi connectivity index (χ4n) is 6.39. The first kappa shape index (κ1) is 29.2. The van der Waals surface area contributed by atoms with E-state index in [1.165, 1.54) is 12.1 Å². The van der Waals surface area contributed by atoms with Crippen LogP contribution in [0, 0.1) is 30.0 Å². The number of piperidine rings is 1. The standard InChI is InChI=1S/C32H44FN3O3/c1-22-25(12-9-13-28(22)33)29-26(30(38)23-10-8-11-24(37)18-23)19-35(16-7-6-15-34(4)5)20-27(29)31(39)36-17-14-32(2,3)21-36/h8-13,18,26-27,29,37H,6-7,14-17,19-21H2,1-5H3/t26-,27+,29+/m0/s1. The van der Waals surface area contributed by atoms with Crippen LogP contribution in [-0.2, 0) is 4.79 Å². The third-order valence-electron chi connectivity index (χ3n) is 8.55. The van der Waals surface area contributed by atoms with E-state index >= 15 is 0 Å². The lowest BCUT2D eigenvalue weighted by Gasteiger charge is -2.44. The number of nitrogens with zero attached hydrogens (tertiary/aromatic N) is 3. The third kappa shape index (κ3) is 6.87. The normalized spacial score (nSPS) is 23.4. The van der Waals surface area contributed by atoms with Gasteiger partial charge in [0.1, 0.15) is 11.6 Å². The van der Waals surface area contributed by atoms with Crippen molar-refractivity contribution in [1.29, 1.82) is 0 Å². The molecule has 2 saturated heterocycles. The Morgan fingerprint density at radius 2 is 1.79 bits per heavy atom. The van der Waals surface area contributed by atoms with Crippen LogP contribution in [0.5, 0.6) is 5.75 Å². The fraction of sp³-hybridized carbons (Fsp3) is 0.562. The summed E-state index contributed by atoms with van der Waals surface area (Å²) >= 11 is 0. The van der Waals surface area contributed by atoms with Crippen LogP contribution >= 0.6 is 0 Å². The molecule has 0 unspecified atom stereocenters. The van der Waals surface area contributed by atoms with Gasteiger partial charge < -0.3 is 19.8 Å². The second-order valence-electron chi connectivity index (χ2n) is 12.6. The van der Waals surface area contributed by atoms with Gasteiger partial charge in [-0.05, 0) is 88.1 Å². The number of halogens is 1. The van der Waals surface area contributed by atoms with Gasteiger partial charge in [-0.15, -0.1) is 0 Å². The highest BCUT2D eigenvalue weighted by molar-refractivity contribution is 5.99. The molecule has 6 nitrogen and oxygen atoms in total. The van der Waals surface area contributed by atoms with Crippen LogP contribution in [0.1, 0.15) is 60.5 Å². The number of Topliss-reactive ketones (excluding diaryl/α,β-unsaturated/α-hetero) is 1. The highest BCUT2D eigenvalue weighted by atomic mass is 19.1. The maximum atomic E-state index is 14.9. The molecule has 212 valence electrons. The number of ketones is 1. The zero-order valence-electron chi connectivity index (χ0n) is 24.1. The van der Waals surface area contributed by atoms with Gasteiger partial charge in [0.05, 0.1) is 5.92 Å². The Bertz CT molecular complexity index is 1180. The largest absolute Gasteiger partial charge is 0.508 e. The first-order chi connectivity index (χ1) is 18.5. The molecule has 2 aliphatic heterocycles. The molecule has 0 radical (unpaired) electrons. The zero-order valence-corrected chi connectivity index (χ0v) is 24.1. The van der Waals surface area contributed by atoms with Crippen LogP contribution < -0.4 is 0 Å². The van der Waals surface area contributed by atoms with Crippen molar-refractivity contribution in [2.45, 2.75) is 46.0 Å². The molecule has 2 heterocycles. The van der Waals surface area contributed by atoms with Crippen molar-refractivity contribution in [2.24, 2.45) is 17.3 Å². The maximum Gasteiger partial charge on any atom is 0.227 e. The lowest BCUT2D eigenvalue weighted by molar-refractivity contribution is -0.138. The lowest BCUT2D eigenvalue weighted by Crippen LogP contribution is -2.53. The van der Waals surface area contributed by atoms with Crippen molar-refractivity contribution in [3.05, 3.63) is 65.0 Å². The van der Waals surface area contributed by atoms with Crippen molar-refractivity contribution in [1.82, 2.24) is 14.7 Å². The number of carbonyl (C=O) groups is 2. The van der Waals surface area contributed by atoms with Gasteiger partial charge in [0, 0.05) is 43.6 Å². The fourth-order valence-corrected chi connectivity index (χ4v) is 6.39. The minimum Gasteiger partial charge on any atom is -0.508 e. The zero-order chi connectivity index (χ0) is 28.3. The summed E-state index contributed by atoms with van der Waals surface area (Å²) in [7, 11) is 4.12. The van der Waals surface area contributed by atoms with E-state index in [0.29, 0.717) is 37.3 Å². The number of hydrogen-bond acceptors (Lipinski definition) is 5. The van der Waals surface area contributed by atoms with Crippen molar-refractivity contribution in [2.75, 3.05) is 53.4 Å². The summed E-state index contributed by atoms with van der Waals surface area (Å²) in [6.45, 7) is 10.3. The molecule has 1 amide bonds. The van der Waals surface area contributed by atoms with Gasteiger partial charge in [0.15, 0.2) is 5.78 Å². The lowest BCUT2D eigenvalue weighted by atomic mass is 9.69. The van der Waals surface area contributed by atoms with Crippen LogP contribution in [0.2, 0.25) is 0 Å². The van der Waals surface area contributed by atoms with Gasteiger partial charge >= 0.3 is 0 Å². The first-order valence-corrected chi connectivity index (χ1v) is 14.2.